The Balaban J connectivity index is 2.15. The molecule has 2 unspecified atom stereocenters. The van der Waals surface area contributed by atoms with Gasteiger partial charge < -0.3 is 21.7 Å². The quantitative estimate of drug-likeness (QED) is 0.551. The van der Waals surface area contributed by atoms with Crippen LogP contribution in [0.5, 0.6) is 0 Å². The minimum Gasteiger partial charge on any atom is -0.480 e. The standard InChI is InChI=1S/C16H22N2O4/c17-11(9-10-5-2-1-3-6-10)13(19)14(20)16(15(21)22)8-4-7-12(16)18/h1-3,5-6,11-13,19H,4,7-9,17-18H2,(H,21,22)/t11-,12?,13+,16?/m1/s1. The summed E-state index contributed by atoms with van der Waals surface area (Å²) in [4.78, 5) is 24.2. The van der Waals surface area contributed by atoms with Crippen molar-refractivity contribution < 1.29 is 19.8 Å². The number of benzene rings is 1. The molecule has 1 fully saturated rings. The molecule has 1 aromatic carbocycles. The fourth-order valence-electron chi connectivity index (χ4n) is 3.17. The van der Waals surface area contributed by atoms with Crippen molar-refractivity contribution in [2.45, 2.75) is 43.9 Å². The van der Waals surface area contributed by atoms with Gasteiger partial charge in [-0.25, -0.2) is 0 Å². The Morgan fingerprint density at radius 3 is 2.45 bits per heavy atom. The van der Waals surface area contributed by atoms with Gasteiger partial charge in [-0.1, -0.05) is 36.8 Å². The van der Waals surface area contributed by atoms with E-state index in [2.05, 4.69) is 0 Å². The monoisotopic (exact) mass is 306 g/mol. The summed E-state index contributed by atoms with van der Waals surface area (Å²) in [5.41, 5.74) is 10.9. The molecule has 0 spiro atoms. The van der Waals surface area contributed by atoms with Crippen molar-refractivity contribution in [3.05, 3.63) is 35.9 Å². The van der Waals surface area contributed by atoms with E-state index >= 15 is 0 Å². The van der Waals surface area contributed by atoms with Crippen LogP contribution in [0, 0.1) is 5.41 Å². The summed E-state index contributed by atoms with van der Waals surface area (Å²) in [6.07, 6.45) is -0.0882. The van der Waals surface area contributed by atoms with Crippen LogP contribution in [-0.2, 0) is 16.0 Å². The molecular formula is C16H22N2O4. The Hall–Kier alpha value is -1.76. The van der Waals surface area contributed by atoms with Crippen molar-refractivity contribution in [1.29, 1.82) is 0 Å². The predicted octanol–water partition coefficient (Wildman–Crippen LogP) is 0.0686. The molecule has 120 valence electrons. The molecule has 0 saturated heterocycles. The van der Waals surface area contributed by atoms with Gasteiger partial charge >= 0.3 is 5.97 Å². The molecule has 2 rings (SSSR count). The number of hydrogen-bond acceptors (Lipinski definition) is 5. The van der Waals surface area contributed by atoms with Gasteiger partial charge in [-0.05, 0) is 24.8 Å². The fraction of sp³-hybridized carbons (Fsp3) is 0.500. The first-order valence-corrected chi connectivity index (χ1v) is 7.40. The smallest absolute Gasteiger partial charge is 0.318 e. The van der Waals surface area contributed by atoms with Gasteiger partial charge in [0.2, 0.25) is 0 Å². The van der Waals surface area contributed by atoms with Crippen molar-refractivity contribution in [1.82, 2.24) is 0 Å². The maximum Gasteiger partial charge on any atom is 0.318 e. The molecule has 1 aromatic rings. The molecule has 4 atom stereocenters. The minimum absolute atomic E-state index is 0.150. The number of carboxylic acid groups (broad SMARTS) is 1. The van der Waals surface area contributed by atoms with E-state index in [1.807, 2.05) is 30.3 Å². The number of nitrogens with two attached hydrogens (primary N) is 2. The van der Waals surface area contributed by atoms with Crippen LogP contribution in [-0.4, -0.2) is 40.2 Å². The lowest BCUT2D eigenvalue weighted by Gasteiger charge is -2.31. The summed E-state index contributed by atoms with van der Waals surface area (Å²) in [5, 5.41) is 19.7. The van der Waals surface area contributed by atoms with Gasteiger partial charge in [0.1, 0.15) is 11.5 Å². The lowest BCUT2D eigenvalue weighted by Crippen LogP contribution is -2.57. The number of carbonyl (C=O) groups excluding carboxylic acids is 1. The highest BCUT2D eigenvalue weighted by Crippen LogP contribution is 2.39. The van der Waals surface area contributed by atoms with Crippen molar-refractivity contribution >= 4 is 11.8 Å². The van der Waals surface area contributed by atoms with E-state index in [-0.39, 0.29) is 6.42 Å². The molecule has 1 aliphatic carbocycles. The van der Waals surface area contributed by atoms with Crippen LogP contribution in [0.15, 0.2) is 30.3 Å². The highest BCUT2D eigenvalue weighted by Gasteiger charge is 2.55. The van der Waals surface area contributed by atoms with E-state index in [9.17, 15) is 19.8 Å². The molecular weight excluding hydrogens is 284 g/mol. The normalized spacial score (nSPS) is 27.3. The molecule has 0 radical (unpaired) electrons. The zero-order chi connectivity index (χ0) is 16.3. The first-order chi connectivity index (χ1) is 10.4. The van der Waals surface area contributed by atoms with Crippen LogP contribution < -0.4 is 11.5 Å². The Bertz CT molecular complexity index is 548. The molecule has 0 heterocycles. The van der Waals surface area contributed by atoms with Gasteiger partial charge in [-0.2, -0.15) is 0 Å². The number of carboxylic acids is 1. The first kappa shape index (κ1) is 16.6. The van der Waals surface area contributed by atoms with Crippen molar-refractivity contribution in [3.63, 3.8) is 0 Å². The number of Topliss-reactive ketones (excluding diaryl/α,β-unsaturated/α-hetero) is 1. The summed E-state index contributed by atoms with van der Waals surface area (Å²) >= 11 is 0. The van der Waals surface area contributed by atoms with Crippen molar-refractivity contribution in [2.75, 3.05) is 0 Å². The Morgan fingerprint density at radius 1 is 1.32 bits per heavy atom. The molecule has 22 heavy (non-hydrogen) atoms. The Morgan fingerprint density at radius 2 is 1.95 bits per heavy atom. The third-order valence-corrected chi connectivity index (χ3v) is 4.53. The summed E-state index contributed by atoms with van der Waals surface area (Å²) in [5.74, 6) is -2.04. The highest BCUT2D eigenvalue weighted by atomic mass is 16.4. The van der Waals surface area contributed by atoms with Crippen LogP contribution in [0.2, 0.25) is 0 Å². The average molecular weight is 306 g/mol. The van der Waals surface area contributed by atoms with Gasteiger partial charge in [-0.15, -0.1) is 0 Å². The van der Waals surface area contributed by atoms with E-state index in [0.29, 0.717) is 19.3 Å². The SMILES string of the molecule is NC1CCCC1(C(=O)O)C(=O)[C@@H](O)[C@H](N)Cc1ccccc1. The second-order valence-corrected chi connectivity index (χ2v) is 5.94. The fourth-order valence-corrected chi connectivity index (χ4v) is 3.17. The second kappa shape index (κ2) is 6.56. The van der Waals surface area contributed by atoms with E-state index in [0.717, 1.165) is 5.56 Å². The maximum atomic E-state index is 12.6. The molecule has 6 heteroatoms. The Labute approximate surface area is 129 Å². The average Bonchev–Trinajstić information content (AvgIpc) is 2.89. The molecule has 0 aromatic heterocycles. The molecule has 1 saturated carbocycles. The third-order valence-electron chi connectivity index (χ3n) is 4.53. The second-order valence-electron chi connectivity index (χ2n) is 5.94. The molecule has 0 amide bonds. The van der Waals surface area contributed by atoms with Gasteiger partial charge in [0, 0.05) is 12.1 Å². The van der Waals surface area contributed by atoms with E-state index in [1.54, 1.807) is 0 Å². The number of ketones is 1. The van der Waals surface area contributed by atoms with Gasteiger partial charge in [-0.3, -0.25) is 9.59 Å². The molecule has 1 aliphatic rings. The zero-order valence-corrected chi connectivity index (χ0v) is 12.3. The van der Waals surface area contributed by atoms with Crippen LogP contribution >= 0.6 is 0 Å². The number of aliphatic carboxylic acids is 1. The third kappa shape index (κ3) is 2.90. The summed E-state index contributed by atoms with van der Waals surface area (Å²) < 4.78 is 0. The Kier molecular flexibility index (Phi) is 4.95. The number of aliphatic hydroxyl groups excluding tert-OH is 1. The topological polar surface area (TPSA) is 127 Å². The van der Waals surface area contributed by atoms with Crippen LogP contribution in [0.4, 0.5) is 0 Å². The van der Waals surface area contributed by atoms with Gasteiger partial charge in [0.25, 0.3) is 0 Å². The van der Waals surface area contributed by atoms with Crippen LogP contribution in [0.25, 0.3) is 0 Å². The summed E-state index contributed by atoms with van der Waals surface area (Å²) in [6, 6.07) is 7.56. The number of aliphatic hydroxyl groups is 1. The van der Waals surface area contributed by atoms with Gasteiger partial charge in [0.15, 0.2) is 5.78 Å². The maximum absolute atomic E-state index is 12.6. The number of carbonyl (C=O) groups is 2. The highest BCUT2D eigenvalue weighted by molar-refractivity contribution is 6.06. The summed E-state index contributed by atoms with van der Waals surface area (Å²) in [7, 11) is 0. The van der Waals surface area contributed by atoms with E-state index < -0.39 is 35.4 Å². The largest absolute Gasteiger partial charge is 0.480 e. The minimum atomic E-state index is -1.71. The van der Waals surface area contributed by atoms with Crippen LogP contribution in [0.1, 0.15) is 24.8 Å². The van der Waals surface area contributed by atoms with Crippen molar-refractivity contribution in [3.8, 4) is 0 Å². The lowest BCUT2D eigenvalue weighted by atomic mass is 9.75. The molecule has 6 N–H and O–H groups in total. The van der Waals surface area contributed by atoms with Gasteiger partial charge in [0.05, 0.1) is 0 Å². The predicted molar refractivity (Wildman–Crippen MR) is 81.0 cm³/mol. The summed E-state index contributed by atoms with van der Waals surface area (Å²) in [6.45, 7) is 0. The molecule has 6 nitrogen and oxygen atoms in total. The van der Waals surface area contributed by atoms with Crippen LogP contribution in [0.3, 0.4) is 0 Å². The van der Waals surface area contributed by atoms with Crippen molar-refractivity contribution in [2.24, 2.45) is 16.9 Å². The first-order valence-electron chi connectivity index (χ1n) is 7.40. The van der Waals surface area contributed by atoms with E-state index in [1.165, 1.54) is 0 Å². The number of rotatable bonds is 6. The lowest BCUT2D eigenvalue weighted by molar-refractivity contribution is -0.159. The number of hydrogen-bond donors (Lipinski definition) is 4. The molecule has 0 bridgehead atoms. The molecule has 0 aliphatic heterocycles. The zero-order valence-electron chi connectivity index (χ0n) is 12.3. The van der Waals surface area contributed by atoms with E-state index in [4.69, 9.17) is 11.5 Å².